The Labute approximate surface area is 221 Å². The lowest BCUT2D eigenvalue weighted by Gasteiger charge is -2.30. The van der Waals surface area contributed by atoms with Crippen LogP contribution in [0.4, 0.5) is 0 Å². The fourth-order valence-corrected chi connectivity index (χ4v) is 6.07. The van der Waals surface area contributed by atoms with E-state index in [2.05, 4.69) is 78.9 Å². The number of hydrogen-bond acceptors (Lipinski definition) is 1. The highest BCUT2D eigenvalue weighted by atomic mass is 14.9. The van der Waals surface area contributed by atoms with Crippen LogP contribution in [0.1, 0.15) is 145 Å². The molecule has 3 aliphatic rings. The Kier molecular flexibility index (Phi) is 17.8. The van der Waals surface area contributed by atoms with E-state index in [9.17, 15) is 0 Å². The molecule has 1 heteroatoms. The summed E-state index contributed by atoms with van der Waals surface area (Å²) in [7, 11) is 0. The molecule has 0 bridgehead atoms. The average Bonchev–Trinajstić information content (AvgIpc) is 3.00. The van der Waals surface area contributed by atoms with Crippen LogP contribution in [-0.4, -0.2) is 12.6 Å². The van der Waals surface area contributed by atoms with Crippen molar-refractivity contribution in [2.24, 2.45) is 23.7 Å². The maximum absolute atomic E-state index is 3.62. The maximum Gasteiger partial charge on any atom is 0.00792 e. The third-order valence-electron chi connectivity index (χ3n) is 7.80. The summed E-state index contributed by atoms with van der Waals surface area (Å²) < 4.78 is 0. The molecule has 0 aromatic carbocycles. The van der Waals surface area contributed by atoms with Gasteiger partial charge in [-0.1, -0.05) is 116 Å². The molecule has 1 fully saturated rings. The molecule has 0 radical (unpaired) electrons. The van der Waals surface area contributed by atoms with Crippen molar-refractivity contribution in [3.8, 4) is 0 Å². The molecule has 0 aromatic rings. The van der Waals surface area contributed by atoms with E-state index in [1.54, 1.807) is 16.7 Å². The van der Waals surface area contributed by atoms with E-state index in [-0.39, 0.29) is 0 Å². The summed E-state index contributed by atoms with van der Waals surface area (Å²) in [4.78, 5) is 0. The second-order valence-corrected chi connectivity index (χ2v) is 12.4. The second-order valence-electron chi connectivity index (χ2n) is 12.4. The highest BCUT2D eigenvalue weighted by Gasteiger charge is 2.26. The Morgan fingerprint density at radius 1 is 1.00 bits per heavy atom. The molecule has 1 saturated carbocycles. The minimum Gasteiger partial charge on any atom is -0.314 e. The van der Waals surface area contributed by atoms with Crippen LogP contribution in [0.3, 0.4) is 0 Å². The minimum absolute atomic E-state index is 0.599. The van der Waals surface area contributed by atoms with E-state index in [0.717, 1.165) is 30.2 Å². The molecule has 1 N–H and O–H groups in total. The molecular weight excluding hydrogens is 422 g/mol. The Morgan fingerprint density at radius 3 is 2.31 bits per heavy atom. The summed E-state index contributed by atoms with van der Waals surface area (Å²) in [6.45, 7) is 19.3. The number of allylic oxidation sites excluding steroid dienone is 5. The number of rotatable bonds is 8. The summed E-state index contributed by atoms with van der Waals surface area (Å²) >= 11 is 0. The molecule has 0 spiro atoms. The maximum atomic E-state index is 3.62. The van der Waals surface area contributed by atoms with Gasteiger partial charge in [0.1, 0.15) is 0 Å². The Balaban J connectivity index is 0.000000316. The normalized spacial score (nSPS) is 24.1. The Hall–Kier alpha value is -0.820. The topological polar surface area (TPSA) is 12.0 Å². The van der Waals surface area contributed by atoms with Crippen molar-refractivity contribution < 1.29 is 0 Å². The van der Waals surface area contributed by atoms with Crippen molar-refractivity contribution in [2.75, 3.05) is 6.54 Å². The van der Waals surface area contributed by atoms with E-state index in [4.69, 9.17) is 0 Å². The van der Waals surface area contributed by atoms with Crippen LogP contribution in [0.5, 0.6) is 0 Å². The zero-order valence-electron chi connectivity index (χ0n) is 25.2. The number of nitrogens with one attached hydrogen (secondary N) is 1. The van der Waals surface area contributed by atoms with Gasteiger partial charge in [-0.3, -0.25) is 0 Å². The Bertz CT molecular complexity index is 617. The van der Waals surface area contributed by atoms with Gasteiger partial charge in [-0.15, -0.1) is 0 Å². The molecule has 35 heavy (non-hydrogen) atoms. The SMILES string of the molecule is CC1=CCC(C2CCCCC2)CC(C)C1.CCC.CCCC1=C(CC(C)NCC(C)C)C=CCC1. The number of hydrogen-bond donors (Lipinski definition) is 1. The van der Waals surface area contributed by atoms with Crippen molar-refractivity contribution in [2.45, 2.75) is 151 Å². The average molecular weight is 486 g/mol. The first-order chi connectivity index (χ1) is 16.8. The fraction of sp³-hybridized carbons (Fsp3) is 0.824. The summed E-state index contributed by atoms with van der Waals surface area (Å²) in [6, 6.07) is 0.599. The first-order valence-electron chi connectivity index (χ1n) is 15.6. The third-order valence-corrected chi connectivity index (χ3v) is 7.80. The quantitative estimate of drug-likeness (QED) is 0.337. The molecule has 0 aliphatic heterocycles. The van der Waals surface area contributed by atoms with Crippen LogP contribution in [-0.2, 0) is 0 Å². The molecular formula is C34H63N. The summed E-state index contributed by atoms with van der Waals surface area (Å²) in [5, 5.41) is 3.62. The minimum atomic E-state index is 0.599. The first-order valence-corrected chi connectivity index (χ1v) is 15.6. The van der Waals surface area contributed by atoms with Crippen LogP contribution in [0.15, 0.2) is 34.9 Å². The van der Waals surface area contributed by atoms with Crippen LogP contribution in [0, 0.1) is 23.7 Å². The van der Waals surface area contributed by atoms with Crippen molar-refractivity contribution >= 4 is 0 Å². The van der Waals surface area contributed by atoms with Gasteiger partial charge in [-0.2, -0.15) is 0 Å². The predicted molar refractivity (Wildman–Crippen MR) is 160 cm³/mol. The van der Waals surface area contributed by atoms with Crippen LogP contribution in [0.2, 0.25) is 0 Å². The monoisotopic (exact) mass is 485 g/mol. The fourth-order valence-electron chi connectivity index (χ4n) is 6.07. The zero-order chi connectivity index (χ0) is 26.1. The van der Waals surface area contributed by atoms with Crippen molar-refractivity contribution in [3.63, 3.8) is 0 Å². The van der Waals surface area contributed by atoms with Gasteiger partial charge in [0.25, 0.3) is 0 Å². The smallest absolute Gasteiger partial charge is 0.00792 e. The standard InChI is InChI=1S/C16H29N.C15H26.C3H8/c1-5-8-15-9-6-7-10-16(15)11-14(4)17-12-13(2)3;1-12-8-9-15(11-13(2)10-12)14-6-4-3-5-7-14;1-3-2/h7,10,13-14,17H,5-6,8-9,11-12H2,1-4H3;8,13-15H,3-7,9-11H2,1-2H3;3H2,1-2H3. The van der Waals surface area contributed by atoms with E-state index >= 15 is 0 Å². The molecule has 204 valence electrons. The van der Waals surface area contributed by atoms with Gasteiger partial charge < -0.3 is 5.32 Å². The lowest BCUT2D eigenvalue weighted by atomic mass is 9.75. The summed E-state index contributed by atoms with van der Waals surface area (Å²) in [6.07, 6.45) is 26.5. The van der Waals surface area contributed by atoms with Crippen LogP contribution < -0.4 is 5.32 Å². The molecule has 1 nitrogen and oxygen atoms in total. The van der Waals surface area contributed by atoms with E-state index in [1.807, 2.05) is 0 Å². The molecule has 3 rings (SSSR count). The van der Waals surface area contributed by atoms with Gasteiger partial charge >= 0.3 is 0 Å². The highest BCUT2D eigenvalue weighted by molar-refractivity contribution is 5.30. The molecule has 3 atom stereocenters. The first kappa shape index (κ1) is 32.2. The van der Waals surface area contributed by atoms with Crippen molar-refractivity contribution in [1.29, 1.82) is 0 Å². The third kappa shape index (κ3) is 14.5. The predicted octanol–water partition coefficient (Wildman–Crippen LogP) is 10.8. The summed E-state index contributed by atoms with van der Waals surface area (Å²) in [5.74, 6) is 3.74. The highest BCUT2D eigenvalue weighted by Crippen LogP contribution is 2.38. The van der Waals surface area contributed by atoms with Gasteiger partial charge in [-0.05, 0) is 94.6 Å². The Morgan fingerprint density at radius 2 is 1.69 bits per heavy atom. The van der Waals surface area contributed by atoms with Crippen molar-refractivity contribution in [1.82, 2.24) is 5.32 Å². The van der Waals surface area contributed by atoms with Gasteiger partial charge in [0.15, 0.2) is 0 Å². The van der Waals surface area contributed by atoms with E-state index in [0.29, 0.717) is 6.04 Å². The largest absolute Gasteiger partial charge is 0.314 e. The van der Waals surface area contributed by atoms with E-state index < -0.39 is 0 Å². The van der Waals surface area contributed by atoms with E-state index in [1.165, 1.54) is 89.9 Å². The molecule has 0 aromatic heterocycles. The molecule has 0 saturated heterocycles. The second kappa shape index (κ2) is 19.3. The molecule has 0 amide bonds. The van der Waals surface area contributed by atoms with Gasteiger partial charge in [0.05, 0.1) is 0 Å². The lowest BCUT2D eigenvalue weighted by Crippen LogP contribution is -2.30. The molecule has 3 unspecified atom stereocenters. The van der Waals surface area contributed by atoms with Gasteiger partial charge in [-0.25, -0.2) is 0 Å². The van der Waals surface area contributed by atoms with Gasteiger partial charge in [0.2, 0.25) is 0 Å². The van der Waals surface area contributed by atoms with Gasteiger partial charge in [0, 0.05) is 6.04 Å². The summed E-state index contributed by atoms with van der Waals surface area (Å²) in [5.41, 5.74) is 4.94. The van der Waals surface area contributed by atoms with Crippen molar-refractivity contribution in [3.05, 3.63) is 34.9 Å². The molecule has 3 aliphatic carbocycles. The van der Waals surface area contributed by atoms with Crippen LogP contribution >= 0.6 is 0 Å². The van der Waals surface area contributed by atoms with Crippen LogP contribution in [0.25, 0.3) is 0 Å². The zero-order valence-corrected chi connectivity index (χ0v) is 25.2. The molecule has 0 heterocycles. The lowest BCUT2D eigenvalue weighted by molar-refractivity contribution is 0.219.